The molecular formula is C17H24ClNO4. The molecule has 0 radical (unpaired) electrons. The highest BCUT2D eigenvalue weighted by Crippen LogP contribution is 2.39. The number of carbonyl (C=O) groups is 1. The zero-order valence-electron chi connectivity index (χ0n) is 14.1. The molecule has 1 N–H and O–H groups in total. The van der Waals surface area contributed by atoms with Crippen molar-refractivity contribution in [2.45, 2.75) is 25.9 Å². The van der Waals surface area contributed by atoms with Gasteiger partial charge in [-0.25, -0.2) is 0 Å². The van der Waals surface area contributed by atoms with Crippen LogP contribution in [0.3, 0.4) is 0 Å². The molecular weight excluding hydrogens is 318 g/mol. The number of nitrogens with zero attached hydrogens (tertiary/aromatic N) is 1. The van der Waals surface area contributed by atoms with Crippen LogP contribution in [0.15, 0.2) is 18.2 Å². The molecule has 6 heteroatoms. The first-order chi connectivity index (χ1) is 10.7. The summed E-state index contributed by atoms with van der Waals surface area (Å²) in [6.07, 6.45) is 0.470. The lowest BCUT2D eigenvalue weighted by Gasteiger charge is -2.49. The van der Waals surface area contributed by atoms with E-state index in [2.05, 4.69) is 0 Å². The number of piperidine rings is 1. The fourth-order valence-electron chi connectivity index (χ4n) is 3.03. The average molecular weight is 342 g/mol. The number of methoxy groups -OCH3 is 2. The van der Waals surface area contributed by atoms with Crippen LogP contribution in [0, 0.1) is 5.41 Å². The maximum absolute atomic E-state index is 12.8. The van der Waals surface area contributed by atoms with Crippen molar-refractivity contribution in [3.8, 4) is 5.75 Å². The van der Waals surface area contributed by atoms with Gasteiger partial charge in [0.05, 0.1) is 19.3 Å². The fourth-order valence-corrected chi connectivity index (χ4v) is 3.25. The predicted octanol–water partition coefficient (Wildman–Crippen LogP) is 2.60. The second kappa shape index (κ2) is 6.67. The maximum Gasteiger partial charge on any atom is 0.254 e. The first kappa shape index (κ1) is 18.0. The van der Waals surface area contributed by atoms with Gasteiger partial charge in [0.2, 0.25) is 0 Å². The first-order valence-electron chi connectivity index (χ1n) is 7.57. The lowest BCUT2D eigenvalue weighted by atomic mass is 9.70. The molecule has 0 aliphatic carbocycles. The topological polar surface area (TPSA) is 59.0 Å². The smallest absolute Gasteiger partial charge is 0.254 e. The summed E-state index contributed by atoms with van der Waals surface area (Å²) in [5.41, 5.74) is -0.924. The lowest BCUT2D eigenvalue weighted by Crippen LogP contribution is -2.60. The summed E-state index contributed by atoms with van der Waals surface area (Å²) in [6, 6.07) is 4.97. The van der Waals surface area contributed by atoms with Gasteiger partial charge in [-0.2, -0.15) is 0 Å². The highest BCUT2D eigenvalue weighted by Gasteiger charge is 2.48. The van der Waals surface area contributed by atoms with E-state index in [0.717, 1.165) is 0 Å². The van der Waals surface area contributed by atoms with Gasteiger partial charge in [0, 0.05) is 36.2 Å². The van der Waals surface area contributed by atoms with Crippen LogP contribution >= 0.6 is 11.6 Å². The number of amides is 1. The summed E-state index contributed by atoms with van der Waals surface area (Å²) in [7, 11) is 3.11. The van der Waals surface area contributed by atoms with E-state index < -0.39 is 11.0 Å². The number of benzene rings is 1. The third kappa shape index (κ3) is 3.62. The Morgan fingerprint density at radius 3 is 2.61 bits per heavy atom. The van der Waals surface area contributed by atoms with Crippen molar-refractivity contribution in [1.82, 2.24) is 4.90 Å². The number of ether oxygens (including phenoxy) is 2. The van der Waals surface area contributed by atoms with Gasteiger partial charge in [0.25, 0.3) is 5.91 Å². The molecule has 1 aliphatic heterocycles. The summed E-state index contributed by atoms with van der Waals surface area (Å²) < 4.78 is 10.3. The van der Waals surface area contributed by atoms with Crippen molar-refractivity contribution in [2.75, 3.05) is 33.9 Å². The first-order valence-corrected chi connectivity index (χ1v) is 7.95. The van der Waals surface area contributed by atoms with E-state index in [9.17, 15) is 9.90 Å². The number of carbonyl (C=O) groups excluding carboxylic acids is 1. The van der Waals surface area contributed by atoms with Crippen molar-refractivity contribution in [3.63, 3.8) is 0 Å². The van der Waals surface area contributed by atoms with Crippen LogP contribution in [0.4, 0.5) is 0 Å². The van der Waals surface area contributed by atoms with Crippen LogP contribution in [0.2, 0.25) is 5.02 Å². The minimum atomic E-state index is -0.940. The molecule has 0 saturated carbocycles. The Bertz CT molecular complexity index is 590. The maximum atomic E-state index is 12.8. The normalized spacial score (nSPS) is 23.7. The molecule has 0 bridgehead atoms. The van der Waals surface area contributed by atoms with Crippen molar-refractivity contribution < 1.29 is 19.4 Å². The minimum absolute atomic E-state index is 0.113. The van der Waals surface area contributed by atoms with E-state index in [4.69, 9.17) is 21.1 Å². The summed E-state index contributed by atoms with van der Waals surface area (Å²) in [5.74, 6) is 0.436. The average Bonchev–Trinajstić information content (AvgIpc) is 2.49. The predicted molar refractivity (Wildman–Crippen MR) is 89.1 cm³/mol. The van der Waals surface area contributed by atoms with Crippen LogP contribution in [0.1, 0.15) is 30.6 Å². The van der Waals surface area contributed by atoms with Crippen molar-refractivity contribution in [1.29, 1.82) is 0 Å². The molecule has 1 saturated heterocycles. The number of hydrogen-bond donors (Lipinski definition) is 1. The molecule has 1 aliphatic rings. The molecule has 1 fully saturated rings. The van der Waals surface area contributed by atoms with Crippen LogP contribution < -0.4 is 4.74 Å². The zero-order valence-corrected chi connectivity index (χ0v) is 14.8. The molecule has 0 spiro atoms. The van der Waals surface area contributed by atoms with E-state index in [1.54, 1.807) is 30.2 Å². The molecule has 1 atom stereocenters. The van der Waals surface area contributed by atoms with Crippen molar-refractivity contribution in [3.05, 3.63) is 28.8 Å². The number of hydrogen-bond acceptors (Lipinski definition) is 4. The summed E-state index contributed by atoms with van der Waals surface area (Å²) in [4.78, 5) is 14.5. The van der Waals surface area contributed by atoms with Gasteiger partial charge in [0.15, 0.2) is 0 Å². The van der Waals surface area contributed by atoms with Gasteiger partial charge in [0.1, 0.15) is 5.75 Å². The molecule has 1 heterocycles. The highest BCUT2D eigenvalue weighted by molar-refractivity contribution is 6.31. The third-order valence-corrected chi connectivity index (χ3v) is 4.88. The monoisotopic (exact) mass is 341 g/mol. The largest absolute Gasteiger partial charge is 0.497 e. The Morgan fingerprint density at radius 1 is 1.35 bits per heavy atom. The van der Waals surface area contributed by atoms with Crippen LogP contribution in [0.5, 0.6) is 5.75 Å². The molecule has 0 unspecified atom stereocenters. The van der Waals surface area contributed by atoms with Gasteiger partial charge in [-0.15, -0.1) is 0 Å². The molecule has 2 rings (SSSR count). The van der Waals surface area contributed by atoms with Crippen LogP contribution in [0.25, 0.3) is 0 Å². The molecule has 23 heavy (non-hydrogen) atoms. The molecule has 1 amide bonds. The molecule has 128 valence electrons. The van der Waals surface area contributed by atoms with E-state index in [0.29, 0.717) is 35.8 Å². The van der Waals surface area contributed by atoms with Crippen LogP contribution in [-0.4, -0.2) is 55.4 Å². The van der Waals surface area contributed by atoms with Gasteiger partial charge < -0.3 is 19.5 Å². The third-order valence-electron chi connectivity index (χ3n) is 4.67. The fraction of sp³-hybridized carbons (Fsp3) is 0.588. The standard InChI is InChI=1S/C17H24ClNO4/c1-16(2)10-19(6-5-17(16,21)11-22-3)15(20)12-7-13(18)9-14(8-12)23-4/h7-9,21H,5-6,10-11H2,1-4H3/t17-/m1/s1. The molecule has 5 nitrogen and oxygen atoms in total. The summed E-state index contributed by atoms with van der Waals surface area (Å²) in [5, 5.41) is 11.2. The number of rotatable bonds is 4. The van der Waals surface area contributed by atoms with Crippen molar-refractivity contribution >= 4 is 17.5 Å². The second-order valence-electron chi connectivity index (χ2n) is 6.70. The van der Waals surface area contributed by atoms with Gasteiger partial charge >= 0.3 is 0 Å². The Kier molecular flexibility index (Phi) is 5.23. The number of likely N-dealkylation sites (tertiary alicyclic amines) is 1. The lowest BCUT2D eigenvalue weighted by molar-refractivity contribution is -0.144. The number of halogens is 1. The Balaban J connectivity index is 2.21. The summed E-state index contributed by atoms with van der Waals surface area (Å²) in [6.45, 7) is 5.07. The highest BCUT2D eigenvalue weighted by atomic mass is 35.5. The van der Waals surface area contributed by atoms with Gasteiger partial charge in [-0.1, -0.05) is 25.4 Å². The zero-order chi connectivity index (χ0) is 17.3. The quantitative estimate of drug-likeness (QED) is 0.914. The van der Waals surface area contributed by atoms with E-state index >= 15 is 0 Å². The van der Waals surface area contributed by atoms with Gasteiger partial charge in [-0.05, 0) is 24.6 Å². The SMILES string of the molecule is COC[C@]1(O)CCN(C(=O)c2cc(Cl)cc(OC)c2)CC1(C)C. The van der Waals surface area contributed by atoms with E-state index in [1.807, 2.05) is 13.8 Å². The number of aliphatic hydroxyl groups is 1. The molecule has 1 aromatic carbocycles. The van der Waals surface area contributed by atoms with Crippen molar-refractivity contribution in [2.24, 2.45) is 5.41 Å². The van der Waals surface area contributed by atoms with Crippen LogP contribution in [-0.2, 0) is 4.74 Å². The second-order valence-corrected chi connectivity index (χ2v) is 7.14. The van der Waals surface area contributed by atoms with E-state index in [1.165, 1.54) is 7.11 Å². The molecule has 0 aromatic heterocycles. The Morgan fingerprint density at radius 2 is 2.04 bits per heavy atom. The van der Waals surface area contributed by atoms with E-state index in [-0.39, 0.29) is 12.5 Å². The summed E-state index contributed by atoms with van der Waals surface area (Å²) >= 11 is 6.05. The molecule has 1 aromatic rings. The minimum Gasteiger partial charge on any atom is -0.497 e. The Labute approximate surface area is 142 Å². The van der Waals surface area contributed by atoms with Gasteiger partial charge in [-0.3, -0.25) is 4.79 Å². The Hall–Kier alpha value is -1.30.